The van der Waals surface area contributed by atoms with E-state index in [1.807, 2.05) is 0 Å². The standard InChI is InChI=1S/C9H14N2O3/c10-7-1-3-11-5-6(7)9(14)8(13)2-4-12/h1,3,5,8-9,12-14H,2,4H2,(H2,10,11). The molecule has 5 N–H and O–H groups in total. The Hall–Kier alpha value is -1.17. The van der Waals surface area contributed by atoms with Crippen molar-refractivity contribution in [3.8, 4) is 0 Å². The molecule has 14 heavy (non-hydrogen) atoms. The number of rotatable bonds is 4. The van der Waals surface area contributed by atoms with Crippen molar-refractivity contribution in [1.82, 2.24) is 4.98 Å². The molecule has 2 unspecified atom stereocenters. The van der Waals surface area contributed by atoms with Gasteiger partial charge in [0.1, 0.15) is 6.10 Å². The Bertz CT molecular complexity index is 293. The minimum absolute atomic E-state index is 0.107. The lowest BCUT2D eigenvalue weighted by Crippen LogP contribution is -2.20. The Labute approximate surface area is 81.8 Å². The van der Waals surface area contributed by atoms with Gasteiger partial charge in [-0.15, -0.1) is 0 Å². The van der Waals surface area contributed by atoms with E-state index in [2.05, 4.69) is 4.98 Å². The monoisotopic (exact) mass is 198 g/mol. The van der Waals surface area contributed by atoms with Crippen LogP contribution in [-0.2, 0) is 0 Å². The minimum Gasteiger partial charge on any atom is -0.398 e. The summed E-state index contributed by atoms with van der Waals surface area (Å²) in [6.07, 6.45) is 0.891. The van der Waals surface area contributed by atoms with Crippen LogP contribution in [0.2, 0.25) is 0 Å². The van der Waals surface area contributed by atoms with E-state index in [0.29, 0.717) is 11.3 Å². The van der Waals surface area contributed by atoms with E-state index < -0.39 is 12.2 Å². The third-order valence-corrected chi connectivity index (χ3v) is 2.00. The fourth-order valence-corrected chi connectivity index (χ4v) is 1.16. The quantitative estimate of drug-likeness (QED) is 0.519. The van der Waals surface area contributed by atoms with Gasteiger partial charge in [0.15, 0.2) is 0 Å². The molecule has 5 nitrogen and oxygen atoms in total. The van der Waals surface area contributed by atoms with Gasteiger partial charge in [0.25, 0.3) is 0 Å². The molecule has 0 amide bonds. The van der Waals surface area contributed by atoms with E-state index in [4.69, 9.17) is 10.8 Å². The Morgan fingerprint density at radius 3 is 2.71 bits per heavy atom. The first kappa shape index (κ1) is 10.9. The largest absolute Gasteiger partial charge is 0.398 e. The molecule has 0 aliphatic rings. The zero-order valence-corrected chi connectivity index (χ0v) is 7.67. The topological polar surface area (TPSA) is 99.6 Å². The third kappa shape index (κ3) is 2.41. The number of nitrogens with zero attached hydrogens (tertiary/aromatic N) is 1. The van der Waals surface area contributed by atoms with Crippen LogP contribution < -0.4 is 5.73 Å². The summed E-state index contributed by atoms with van der Waals surface area (Å²) < 4.78 is 0. The summed E-state index contributed by atoms with van der Waals surface area (Å²) in [5.41, 5.74) is 6.34. The highest BCUT2D eigenvalue weighted by molar-refractivity contribution is 5.45. The first-order chi connectivity index (χ1) is 6.66. The molecular weight excluding hydrogens is 184 g/mol. The van der Waals surface area contributed by atoms with E-state index in [9.17, 15) is 10.2 Å². The van der Waals surface area contributed by atoms with Gasteiger partial charge in [-0.3, -0.25) is 4.98 Å². The summed E-state index contributed by atoms with van der Waals surface area (Å²) in [6.45, 7) is -0.182. The highest BCUT2D eigenvalue weighted by Crippen LogP contribution is 2.22. The molecule has 1 rings (SSSR count). The maximum atomic E-state index is 9.62. The van der Waals surface area contributed by atoms with Gasteiger partial charge >= 0.3 is 0 Å². The number of nitrogen functional groups attached to an aromatic ring is 1. The third-order valence-electron chi connectivity index (χ3n) is 2.00. The summed E-state index contributed by atoms with van der Waals surface area (Å²) in [4.78, 5) is 3.80. The summed E-state index contributed by atoms with van der Waals surface area (Å²) >= 11 is 0. The van der Waals surface area contributed by atoms with Crippen molar-refractivity contribution in [2.45, 2.75) is 18.6 Å². The number of aromatic nitrogens is 1. The van der Waals surface area contributed by atoms with Crippen LogP contribution in [0.5, 0.6) is 0 Å². The predicted molar refractivity (Wildman–Crippen MR) is 51.3 cm³/mol. The Morgan fingerprint density at radius 2 is 2.14 bits per heavy atom. The molecule has 5 heteroatoms. The van der Waals surface area contributed by atoms with Gasteiger partial charge in [0, 0.05) is 30.3 Å². The maximum Gasteiger partial charge on any atom is 0.108 e. The second kappa shape index (κ2) is 4.90. The number of pyridine rings is 1. The molecule has 0 aliphatic heterocycles. The number of anilines is 1. The van der Waals surface area contributed by atoms with Gasteiger partial charge in [-0.05, 0) is 12.5 Å². The number of nitrogens with two attached hydrogens (primary N) is 1. The van der Waals surface area contributed by atoms with Crippen molar-refractivity contribution in [3.63, 3.8) is 0 Å². The molecule has 1 aromatic rings. The molecule has 0 saturated heterocycles. The van der Waals surface area contributed by atoms with Crippen molar-refractivity contribution in [3.05, 3.63) is 24.0 Å². The van der Waals surface area contributed by atoms with Crippen molar-refractivity contribution < 1.29 is 15.3 Å². The smallest absolute Gasteiger partial charge is 0.108 e. The molecule has 0 radical (unpaired) electrons. The zero-order chi connectivity index (χ0) is 10.6. The van der Waals surface area contributed by atoms with Crippen LogP contribution in [0.25, 0.3) is 0 Å². The van der Waals surface area contributed by atoms with Crippen LogP contribution in [0, 0.1) is 0 Å². The first-order valence-corrected chi connectivity index (χ1v) is 4.33. The van der Waals surface area contributed by atoms with E-state index in [1.54, 1.807) is 6.07 Å². The fourth-order valence-electron chi connectivity index (χ4n) is 1.16. The Kier molecular flexibility index (Phi) is 3.82. The first-order valence-electron chi connectivity index (χ1n) is 4.33. The normalized spacial score (nSPS) is 15.1. The van der Waals surface area contributed by atoms with Gasteiger partial charge in [0.2, 0.25) is 0 Å². The van der Waals surface area contributed by atoms with Gasteiger partial charge < -0.3 is 21.1 Å². The van der Waals surface area contributed by atoms with Crippen LogP contribution in [0.4, 0.5) is 5.69 Å². The molecule has 0 saturated carbocycles. The van der Waals surface area contributed by atoms with Gasteiger partial charge in [-0.2, -0.15) is 0 Å². The Morgan fingerprint density at radius 1 is 1.43 bits per heavy atom. The van der Waals surface area contributed by atoms with Crippen molar-refractivity contribution in [2.24, 2.45) is 0 Å². The molecule has 0 aliphatic carbocycles. The van der Waals surface area contributed by atoms with E-state index in [0.717, 1.165) is 0 Å². The SMILES string of the molecule is Nc1ccncc1C(O)C(O)CCO. The highest BCUT2D eigenvalue weighted by atomic mass is 16.3. The lowest BCUT2D eigenvalue weighted by atomic mass is 10.0. The minimum atomic E-state index is -1.10. The second-order valence-corrected chi connectivity index (χ2v) is 3.03. The van der Waals surface area contributed by atoms with E-state index in [-0.39, 0.29) is 13.0 Å². The fraction of sp³-hybridized carbons (Fsp3) is 0.444. The number of aliphatic hydroxyl groups is 3. The molecular formula is C9H14N2O3. The van der Waals surface area contributed by atoms with Crippen LogP contribution in [0.3, 0.4) is 0 Å². The number of hydrogen-bond acceptors (Lipinski definition) is 5. The molecule has 78 valence electrons. The van der Waals surface area contributed by atoms with Crippen LogP contribution in [0.1, 0.15) is 18.1 Å². The summed E-state index contributed by atoms with van der Waals surface area (Å²) in [7, 11) is 0. The summed E-state index contributed by atoms with van der Waals surface area (Å²) in [5.74, 6) is 0. The average Bonchev–Trinajstić information content (AvgIpc) is 2.18. The lowest BCUT2D eigenvalue weighted by molar-refractivity contribution is 0.00443. The van der Waals surface area contributed by atoms with E-state index in [1.165, 1.54) is 12.4 Å². The van der Waals surface area contributed by atoms with Gasteiger partial charge in [-0.25, -0.2) is 0 Å². The van der Waals surface area contributed by atoms with Crippen molar-refractivity contribution in [2.75, 3.05) is 12.3 Å². The molecule has 0 aromatic carbocycles. The molecule has 0 bridgehead atoms. The van der Waals surface area contributed by atoms with E-state index >= 15 is 0 Å². The molecule has 1 heterocycles. The van der Waals surface area contributed by atoms with Crippen LogP contribution in [-0.4, -0.2) is 33.0 Å². The highest BCUT2D eigenvalue weighted by Gasteiger charge is 2.19. The van der Waals surface area contributed by atoms with Crippen LogP contribution >= 0.6 is 0 Å². The van der Waals surface area contributed by atoms with Crippen molar-refractivity contribution in [1.29, 1.82) is 0 Å². The molecule has 1 aromatic heterocycles. The summed E-state index contributed by atoms with van der Waals surface area (Å²) in [5, 5.41) is 27.6. The zero-order valence-electron chi connectivity index (χ0n) is 7.67. The van der Waals surface area contributed by atoms with Crippen LogP contribution in [0.15, 0.2) is 18.5 Å². The number of hydrogen-bond donors (Lipinski definition) is 4. The average molecular weight is 198 g/mol. The second-order valence-electron chi connectivity index (χ2n) is 3.03. The molecule has 2 atom stereocenters. The Balaban J connectivity index is 2.78. The van der Waals surface area contributed by atoms with Gasteiger partial charge in [0.05, 0.1) is 6.10 Å². The lowest BCUT2D eigenvalue weighted by Gasteiger charge is -2.18. The van der Waals surface area contributed by atoms with Gasteiger partial charge in [-0.1, -0.05) is 0 Å². The van der Waals surface area contributed by atoms with Crippen molar-refractivity contribution >= 4 is 5.69 Å². The number of aliphatic hydroxyl groups excluding tert-OH is 3. The molecule has 0 spiro atoms. The maximum absolute atomic E-state index is 9.62. The summed E-state index contributed by atoms with van der Waals surface area (Å²) in [6, 6.07) is 1.55. The predicted octanol–water partition coefficient (Wildman–Crippen LogP) is -0.560. The molecule has 0 fully saturated rings.